The minimum atomic E-state index is -3.73. The molecule has 11 heteroatoms. The second-order valence-corrected chi connectivity index (χ2v) is 12.9. The first kappa shape index (κ1) is 29.5. The van der Waals surface area contributed by atoms with Crippen molar-refractivity contribution in [1.29, 1.82) is 0 Å². The van der Waals surface area contributed by atoms with Crippen molar-refractivity contribution < 1.29 is 18.1 Å². The molecule has 2 aromatic heterocycles. The molecule has 1 aliphatic rings. The Kier molecular flexibility index (Phi) is 7.93. The fourth-order valence-electron chi connectivity index (χ4n) is 5.76. The number of imidazole rings is 1. The van der Waals surface area contributed by atoms with Gasteiger partial charge in [0.25, 0.3) is 5.69 Å². The number of para-hydroxylation sites is 1. The van der Waals surface area contributed by atoms with E-state index in [0.29, 0.717) is 49.7 Å². The van der Waals surface area contributed by atoms with Crippen molar-refractivity contribution in [2.75, 3.05) is 33.3 Å². The van der Waals surface area contributed by atoms with Gasteiger partial charge in [0.05, 0.1) is 23.4 Å². The third-order valence-corrected chi connectivity index (χ3v) is 10.1. The number of benzene rings is 3. The van der Waals surface area contributed by atoms with Crippen molar-refractivity contribution in [3.05, 3.63) is 112 Å². The number of sulfonamides is 1. The van der Waals surface area contributed by atoms with Crippen LogP contribution in [0.1, 0.15) is 16.8 Å². The van der Waals surface area contributed by atoms with Crippen LogP contribution in [-0.4, -0.2) is 65.2 Å². The maximum atomic E-state index is 13.5. The molecule has 0 bridgehead atoms. The topological polar surface area (TPSA) is 110 Å². The first-order valence-corrected chi connectivity index (χ1v) is 15.8. The molecule has 3 heterocycles. The number of piperazine rings is 1. The summed E-state index contributed by atoms with van der Waals surface area (Å²) in [6.45, 7) is 6.28. The molecule has 3 aromatic carbocycles. The Morgan fingerprint density at radius 1 is 0.909 bits per heavy atom. The maximum absolute atomic E-state index is 13.5. The molecule has 6 rings (SSSR count). The average molecular weight is 612 g/mol. The van der Waals surface area contributed by atoms with Crippen LogP contribution < -0.4 is 4.74 Å². The Labute approximate surface area is 256 Å². The SMILES string of the molecule is COc1ccccc1S(=O)(=O)N1CCN(Cc2c(-c3cccc([N+](=O)[O-])c3)nc3ccc(-c4cc(C)ccc4C)cn23)CC1. The lowest BCUT2D eigenvalue weighted by Crippen LogP contribution is -2.48. The largest absolute Gasteiger partial charge is 0.495 e. The Morgan fingerprint density at radius 2 is 1.68 bits per heavy atom. The molecule has 1 fully saturated rings. The molecule has 1 aliphatic heterocycles. The summed E-state index contributed by atoms with van der Waals surface area (Å²) in [5.74, 6) is 0.321. The van der Waals surface area contributed by atoms with Gasteiger partial charge >= 0.3 is 0 Å². The lowest BCUT2D eigenvalue weighted by molar-refractivity contribution is -0.384. The van der Waals surface area contributed by atoms with Crippen LogP contribution in [0.25, 0.3) is 28.0 Å². The van der Waals surface area contributed by atoms with Crippen LogP contribution in [-0.2, 0) is 16.6 Å². The number of hydrogen-bond acceptors (Lipinski definition) is 7. The lowest BCUT2D eigenvalue weighted by Gasteiger charge is -2.34. The summed E-state index contributed by atoms with van der Waals surface area (Å²) in [5, 5.41) is 11.6. The molecular weight excluding hydrogens is 578 g/mol. The van der Waals surface area contributed by atoms with E-state index in [1.807, 2.05) is 18.2 Å². The number of aryl methyl sites for hydroxylation is 2. The Hall–Kier alpha value is -4.58. The molecule has 0 radical (unpaired) electrons. The summed E-state index contributed by atoms with van der Waals surface area (Å²) in [6, 6.07) is 23.6. The van der Waals surface area contributed by atoms with Crippen molar-refractivity contribution in [3.63, 3.8) is 0 Å². The smallest absolute Gasteiger partial charge is 0.270 e. The van der Waals surface area contributed by atoms with Crippen LogP contribution in [0, 0.1) is 24.0 Å². The number of nitro groups is 1. The molecule has 0 N–H and O–H groups in total. The fourth-order valence-corrected chi connectivity index (χ4v) is 7.34. The van der Waals surface area contributed by atoms with E-state index >= 15 is 0 Å². The van der Waals surface area contributed by atoms with Gasteiger partial charge in [-0.3, -0.25) is 15.0 Å². The highest BCUT2D eigenvalue weighted by Gasteiger charge is 2.31. The molecule has 0 aliphatic carbocycles. The number of rotatable bonds is 8. The summed E-state index contributed by atoms with van der Waals surface area (Å²) in [6.07, 6.45) is 2.07. The molecule has 44 heavy (non-hydrogen) atoms. The van der Waals surface area contributed by atoms with E-state index in [1.165, 1.54) is 17.5 Å². The predicted octanol–water partition coefficient (Wildman–Crippen LogP) is 5.71. The van der Waals surface area contributed by atoms with E-state index < -0.39 is 14.9 Å². The van der Waals surface area contributed by atoms with Gasteiger partial charge in [0.2, 0.25) is 10.0 Å². The van der Waals surface area contributed by atoms with Gasteiger partial charge < -0.3 is 9.14 Å². The average Bonchev–Trinajstić information content (AvgIpc) is 3.39. The standard InChI is InChI=1S/C33H33N5O5S/c1-23-11-12-24(2)28(19-23)26-13-14-32-34-33(25-7-6-8-27(20-25)38(39)40)29(37(32)21-26)22-35-15-17-36(18-16-35)44(41,42)31-10-5-4-9-30(31)43-3/h4-14,19-21H,15-18,22H2,1-3H3. The van der Waals surface area contributed by atoms with Crippen LogP contribution in [0.4, 0.5) is 5.69 Å². The first-order chi connectivity index (χ1) is 21.2. The van der Waals surface area contributed by atoms with Gasteiger partial charge in [-0.2, -0.15) is 4.31 Å². The third-order valence-electron chi connectivity index (χ3n) is 8.14. The molecule has 0 spiro atoms. The number of non-ortho nitro benzene ring substituents is 1. The zero-order valence-electron chi connectivity index (χ0n) is 24.8. The van der Waals surface area contributed by atoms with Gasteiger partial charge in [-0.1, -0.05) is 48.0 Å². The minimum absolute atomic E-state index is 0.00302. The van der Waals surface area contributed by atoms with Crippen LogP contribution in [0.3, 0.4) is 0 Å². The molecule has 226 valence electrons. The quantitative estimate of drug-likeness (QED) is 0.163. The molecule has 0 saturated carbocycles. The number of nitro benzene ring substituents is 1. The van der Waals surface area contributed by atoms with Crippen molar-refractivity contribution in [1.82, 2.24) is 18.6 Å². The van der Waals surface area contributed by atoms with Gasteiger partial charge in [-0.05, 0) is 54.8 Å². The van der Waals surface area contributed by atoms with Crippen molar-refractivity contribution in [2.24, 2.45) is 0 Å². The number of nitrogens with zero attached hydrogens (tertiary/aromatic N) is 5. The first-order valence-electron chi connectivity index (χ1n) is 14.3. The van der Waals surface area contributed by atoms with E-state index in [9.17, 15) is 18.5 Å². The van der Waals surface area contributed by atoms with E-state index in [2.05, 4.69) is 47.5 Å². The van der Waals surface area contributed by atoms with E-state index in [-0.39, 0.29) is 10.6 Å². The van der Waals surface area contributed by atoms with Crippen LogP contribution >= 0.6 is 0 Å². The number of hydrogen-bond donors (Lipinski definition) is 0. The summed E-state index contributed by atoms with van der Waals surface area (Å²) in [7, 11) is -2.27. The Bertz CT molecular complexity index is 1980. The zero-order chi connectivity index (χ0) is 31.0. The molecule has 0 atom stereocenters. The van der Waals surface area contributed by atoms with Crippen LogP contribution in [0.5, 0.6) is 5.75 Å². The van der Waals surface area contributed by atoms with Crippen molar-refractivity contribution >= 4 is 21.4 Å². The highest BCUT2D eigenvalue weighted by atomic mass is 32.2. The van der Waals surface area contributed by atoms with Gasteiger partial charge in [-0.15, -0.1) is 0 Å². The number of methoxy groups -OCH3 is 1. The lowest BCUT2D eigenvalue weighted by atomic mass is 10.00. The Morgan fingerprint density at radius 3 is 2.43 bits per heavy atom. The highest BCUT2D eigenvalue weighted by Crippen LogP contribution is 2.32. The van der Waals surface area contributed by atoms with Crippen LogP contribution in [0.15, 0.2) is 90.0 Å². The summed E-state index contributed by atoms with van der Waals surface area (Å²) < 4.78 is 35.8. The zero-order valence-corrected chi connectivity index (χ0v) is 25.6. The van der Waals surface area contributed by atoms with E-state index in [0.717, 1.165) is 33.6 Å². The van der Waals surface area contributed by atoms with Gasteiger partial charge in [0.15, 0.2) is 0 Å². The molecule has 0 unspecified atom stereocenters. The number of pyridine rings is 1. The summed E-state index contributed by atoms with van der Waals surface area (Å²) >= 11 is 0. The number of fused-ring (bicyclic) bond motifs is 1. The molecule has 1 saturated heterocycles. The van der Waals surface area contributed by atoms with E-state index in [1.54, 1.807) is 36.4 Å². The summed E-state index contributed by atoms with van der Waals surface area (Å²) in [4.78, 5) is 18.5. The second-order valence-electron chi connectivity index (χ2n) is 11.0. The number of aromatic nitrogens is 2. The molecule has 5 aromatic rings. The molecule has 10 nitrogen and oxygen atoms in total. The van der Waals surface area contributed by atoms with Crippen molar-refractivity contribution in [2.45, 2.75) is 25.3 Å². The highest BCUT2D eigenvalue weighted by molar-refractivity contribution is 7.89. The van der Waals surface area contributed by atoms with Gasteiger partial charge in [0.1, 0.15) is 16.3 Å². The van der Waals surface area contributed by atoms with Gasteiger partial charge in [0, 0.05) is 56.6 Å². The fraction of sp³-hybridized carbons (Fsp3) is 0.242. The minimum Gasteiger partial charge on any atom is -0.495 e. The van der Waals surface area contributed by atoms with Gasteiger partial charge in [-0.25, -0.2) is 13.4 Å². The molecule has 0 amide bonds. The molecular formula is C33H33N5O5S. The maximum Gasteiger partial charge on any atom is 0.270 e. The van der Waals surface area contributed by atoms with Crippen molar-refractivity contribution in [3.8, 4) is 28.1 Å². The predicted molar refractivity (Wildman–Crippen MR) is 169 cm³/mol. The normalized spacial score (nSPS) is 14.6. The summed E-state index contributed by atoms with van der Waals surface area (Å²) in [5.41, 5.74) is 7.41. The third kappa shape index (κ3) is 5.57. The monoisotopic (exact) mass is 611 g/mol. The number of ether oxygens (including phenoxy) is 1. The Balaban J connectivity index is 1.35. The van der Waals surface area contributed by atoms with E-state index in [4.69, 9.17) is 9.72 Å². The van der Waals surface area contributed by atoms with Crippen LogP contribution in [0.2, 0.25) is 0 Å². The second kappa shape index (κ2) is 11.8.